The van der Waals surface area contributed by atoms with Crippen LogP contribution in [0.15, 0.2) is 48.5 Å². The van der Waals surface area contributed by atoms with Crippen LogP contribution in [0, 0.1) is 5.92 Å². The summed E-state index contributed by atoms with van der Waals surface area (Å²) in [5.74, 6) is -1.26. The SMILES string of the molecule is CC(C)[C@H]1NC(=O)CC[C@@H](C(=O)NCc2cccc(CN3CCOCC3)c2)NC(=O)c2ccccc2OCCCNC1=O. The van der Waals surface area contributed by atoms with Crippen LogP contribution in [-0.4, -0.2) is 80.1 Å². The number of nitrogens with zero attached hydrogens (tertiary/aromatic N) is 1. The number of para-hydroxylation sites is 1. The summed E-state index contributed by atoms with van der Waals surface area (Å²) in [5.41, 5.74) is 2.36. The molecule has 0 bridgehead atoms. The van der Waals surface area contributed by atoms with Crippen LogP contribution in [0.3, 0.4) is 0 Å². The zero-order valence-corrected chi connectivity index (χ0v) is 25.0. The van der Waals surface area contributed by atoms with Gasteiger partial charge < -0.3 is 30.7 Å². The first-order valence-corrected chi connectivity index (χ1v) is 15.1. The van der Waals surface area contributed by atoms with E-state index in [-0.39, 0.29) is 49.3 Å². The molecule has 2 aliphatic rings. The molecule has 0 spiro atoms. The minimum Gasteiger partial charge on any atom is -0.493 e. The molecule has 1 saturated heterocycles. The summed E-state index contributed by atoms with van der Waals surface area (Å²) in [6.07, 6.45) is 0.511. The van der Waals surface area contributed by atoms with Gasteiger partial charge in [0.25, 0.3) is 5.91 Å². The van der Waals surface area contributed by atoms with E-state index in [1.807, 2.05) is 26.0 Å². The molecule has 11 heteroatoms. The molecular weight excluding hydrogens is 550 g/mol. The molecule has 11 nitrogen and oxygen atoms in total. The highest BCUT2D eigenvalue weighted by molar-refractivity contribution is 5.99. The van der Waals surface area contributed by atoms with E-state index in [1.54, 1.807) is 24.3 Å². The Bertz CT molecular complexity index is 1260. The Morgan fingerprint density at radius 1 is 1.00 bits per heavy atom. The number of hydrogen-bond donors (Lipinski definition) is 4. The first-order chi connectivity index (χ1) is 20.8. The summed E-state index contributed by atoms with van der Waals surface area (Å²) in [4.78, 5) is 54.8. The van der Waals surface area contributed by atoms with Crippen molar-refractivity contribution in [3.8, 4) is 5.75 Å². The van der Waals surface area contributed by atoms with Gasteiger partial charge in [0.05, 0.1) is 25.4 Å². The monoisotopic (exact) mass is 593 g/mol. The minimum atomic E-state index is -0.984. The molecule has 2 heterocycles. The van der Waals surface area contributed by atoms with Gasteiger partial charge in [0.1, 0.15) is 17.8 Å². The molecule has 2 atom stereocenters. The fourth-order valence-electron chi connectivity index (χ4n) is 5.08. The Morgan fingerprint density at radius 3 is 2.56 bits per heavy atom. The molecule has 43 heavy (non-hydrogen) atoms. The van der Waals surface area contributed by atoms with Crippen molar-refractivity contribution < 1.29 is 28.7 Å². The van der Waals surface area contributed by atoms with Crippen molar-refractivity contribution in [3.63, 3.8) is 0 Å². The molecule has 1 fully saturated rings. The third kappa shape index (κ3) is 9.79. The van der Waals surface area contributed by atoms with Crippen LogP contribution in [0.5, 0.6) is 5.75 Å². The lowest BCUT2D eigenvalue weighted by Crippen LogP contribution is -2.51. The smallest absolute Gasteiger partial charge is 0.255 e. The van der Waals surface area contributed by atoms with Gasteiger partial charge in [-0.25, -0.2) is 0 Å². The number of hydrogen-bond acceptors (Lipinski definition) is 7. The maximum atomic E-state index is 13.4. The lowest BCUT2D eigenvalue weighted by atomic mass is 10.0. The average Bonchev–Trinajstić information content (AvgIpc) is 3.00. The fraction of sp³-hybridized carbons (Fsp3) is 0.500. The van der Waals surface area contributed by atoms with Gasteiger partial charge in [-0.2, -0.15) is 0 Å². The van der Waals surface area contributed by atoms with Gasteiger partial charge in [-0.05, 0) is 42.0 Å². The topological polar surface area (TPSA) is 138 Å². The van der Waals surface area contributed by atoms with Gasteiger partial charge >= 0.3 is 0 Å². The van der Waals surface area contributed by atoms with Crippen LogP contribution >= 0.6 is 0 Å². The number of carbonyl (C=O) groups excluding carboxylic acids is 4. The van der Waals surface area contributed by atoms with Crippen LogP contribution in [0.25, 0.3) is 0 Å². The third-order valence-electron chi connectivity index (χ3n) is 7.53. The van der Waals surface area contributed by atoms with E-state index in [4.69, 9.17) is 9.47 Å². The maximum absolute atomic E-state index is 13.4. The van der Waals surface area contributed by atoms with Gasteiger partial charge in [-0.3, -0.25) is 24.1 Å². The zero-order chi connectivity index (χ0) is 30.6. The zero-order valence-electron chi connectivity index (χ0n) is 25.0. The number of benzene rings is 2. The second kappa shape index (κ2) is 16.0. The third-order valence-corrected chi connectivity index (χ3v) is 7.53. The van der Waals surface area contributed by atoms with Crippen molar-refractivity contribution in [1.82, 2.24) is 26.2 Å². The minimum absolute atomic E-state index is 0.0515. The first-order valence-electron chi connectivity index (χ1n) is 15.1. The van der Waals surface area contributed by atoms with Crippen molar-refractivity contribution >= 4 is 23.6 Å². The van der Waals surface area contributed by atoms with E-state index >= 15 is 0 Å². The lowest BCUT2D eigenvalue weighted by Gasteiger charge is -2.26. The highest BCUT2D eigenvalue weighted by Gasteiger charge is 2.27. The molecule has 0 aliphatic carbocycles. The number of rotatable bonds is 6. The van der Waals surface area contributed by atoms with Crippen LogP contribution in [-0.2, 0) is 32.2 Å². The Labute approximate surface area is 253 Å². The molecule has 0 aromatic heterocycles. The summed E-state index contributed by atoms with van der Waals surface area (Å²) in [6, 6.07) is 13.1. The molecule has 4 rings (SSSR count). The summed E-state index contributed by atoms with van der Waals surface area (Å²) >= 11 is 0. The highest BCUT2D eigenvalue weighted by Crippen LogP contribution is 2.19. The van der Waals surface area contributed by atoms with E-state index in [1.165, 1.54) is 0 Å². The van der Waals surface area contributed by atoms with Crippen LogP contribution in [0.2, 0.25) is 0 Å². The molecular formula is C32H43N5O6. The van der Waals surface area contributed by atoms with Crippen molar-refractivity contribution in [1.29, 1.82) is 0 Å². The average molecular weight is 594 g/mol. The Morgan fingerprint density at radius 2 is 1.77 bits per heavy atom. The summed E-state index contributed by atoms with van der Waals surface area (Å²) in [7, 11) is 0. The van der Waals surface area contributed by atoms with Crippen LogP contribution in [0.1, 0.15) is 54.6 Å². The van der Waals surface area contributed by atoms with E-state index in [9.17, 15) is 19.2 Å². The second-order valence-corrected chi connectivity index (χ2v) is 11.3. The van der Waals surface area contributed by atoms with Gasteiger partial charge in [-0.1, -0.05) is 50.2 Å². The molecule has 2 aromatic carbocycles. The van der Waals surface area contributed by atoms with E-state index in [0.29, 0.717) is 18.7 Å². The van der Waals surface area contributed by atoms with Gasteiger partial charge in [0.2, 0.25) is 17.7 Å². The highest BCUT2D eigenvalue weighted by atomic mass is 16.5. The first kappa shape index (κ1) is 32.0. The number of carbonyl (C=O) groups is 4. The summed E-state index contributed by atoms with van der Waals surface area (Å²) < 4.78 is 11.3. The predicted octanol–water partition coefficient (Wildman–Crippen LogP) is 1.75. The van der Waals surface area contributed by atoms with Crippen molar-refractivity contribution in [2.24, 2.45) is 5.92 Å². The standard InChI is InChI=1S/C32H43N5O6/c1-22(2)29-32(41)33-13-6-16-43-27-10-4-3-9-25(27)30(39)35-26(11-12-28(38)36-29)31(40)34-20-23-7-5-8-24(19-23)21-37-14-17-42-18-15-37/h3-5,7-10,19,22,26,29H,6,11-18,20-21H2,1-2H3,(H,33,41)(H,34,40)(H,35,39)(H,36,38)/t26-,29+/m0/s1. The number of ether oxygens (including phenoxy) is 2. The molecule has 2 aromatic rings. The maximum Gasteiger partial charge on any atom is 0.255 e. The van der Waals surface area contributed by atoms with Gasteiger partial charge in [-0.15, -0.1) is 0 Å². The number of fused-ring (bicyclic) bond motifs is 1. The van der Waals surface area contributed by atoms with Crippen molar-refractivity contribution in [2.45, 2.75) is 58.3 Å². The molecule has 0 radical (unpaired) electrons. The Kier molecular flexibility index (Phi) is 11.9. The number of morpholine rings is 1. The Hall–Kier alpha value is -3.96. The summed E-state index contributed by atoms with van der Waals surface area (Å²) in [6.45, 7) is 8.64. The van der Waals surface area contributed by atoms with Crippen molar-refractivity contribution in [2.75, 3.05) is 39.5 Å². The molecule has 2 aliphatic heterocycles. The van der Waals surface area contributed by atoms with E-state index in [0.717, 1.165) is 44.0 Å². The Balaban J connectivity index is 1.47. The quantitative estimate of drug-likeness (QED) is 0.401. The van der Waals surface area contributed by atoms with E-state index in [2.05, 4.69) is 38.3 Å². The molecule has 4 amide bonds. The molecule has 0 unspecified atom stereocenters. The lowest BCUT2D eigenvalue weighted by molar-refractivity contribution is -0.130. The molecule has 232 valence electrons. The fourth-order valence-corrected chi connectivity index (χ4v) is 5.08. The second-order valence-electron chi connectivity index (χ2n) is 11.3. The van der Waals surface area contributed by atoms with Gasteiger partial charge in [0.15, 0.2) is 0 Å². The predicted molar refractivity (Wildman–Crippen MR) is 161 cm³/mol. The van der Waals surface area contributed by atoms with Gasteiger partial charge in [0, 0.05) is 39.1 Å². The van der Waals surface area contributed by atoms with Crippen molar-refractivity contribution in [3.05, 3.63) is 65.2 Å². The number of amides is 4. The van der Waals surface area contributed by atoms with Crippen LogP contribution < -0.4 is 26.0 Å². The molecule has 4 N–H and O–H groups in total. The number of nitrogens with one attached hydrogen (secondary N) is 4. The van der Waals surface area contributed by atoms with E-state index < -0.39 is 23.9 Å². The normalized spacial score (nSPS) is 21.1. The largest absolute Gasteiger partial charge is 0.493 e. The summed E-state index contributed by atoms with van der Waals surface area (Å²) in [5, 5.41) is 11.4. The van der Waals surface area contributed by atoms with Crippen LogP contribution in [0.4, 0.5) is 0 Å². The molecule has 0 saturated carbocycles.